The van der Waals surface area contributed by atoms with Gasteiger partial charge in [0, 0.05) is 32.5 Å². The highest BCUT2D eigenvalue weighted by atomic mass is 16.4. The van der Waals surface area contributed by atoms with Crippen LogP contribution in [0.5, 0.6) is 0 Å². The first-order valence-corrected chi connectivity index (χ1v) is 10.3. The zero-order valence-corrected chi connectivity index (χ0v) is 17.3. The number of pyridine rings is 1. The van der Waals surface area contributed by atoms with Crippen LogP contribution in [0.2, 0.25) is 0 Å². The molecule has 0 spiro atoms. The lowest BCUT2D eigenvalue weighted by atomic mass is 9.81. The van der Waals surface area contributed by atoms with Gasteiger partial charge in [0.05, 0.1) is 29.2 Å². The lowest BCUT2D eigenvalue weighted by molar-refractivity contribution is 0.0696. The number of aromatic nitrogens is 6. The second kappa shape index (κ2) is 9.07. The number of aryl methyl sites for hydroxylation is 1. The molecule has 4 rings (SSSR count). The number of carboxylic acids is 1. The highest BCUT2D eigenvalue weighted by Crippen LogP contribution is 2.30. The fourth-order valence-corrected chi connectivity index (χ4v) is 4.07. The van der Waals surface area contributed by atoms with Crippen molar-refractivity contribution in [3.05, 3.63) is 48.0 Å². The van der Waals surface area contributed by atoms with Gasteiger partial charge in [0.1, 0.15) is 5.69 Å². The van der Waals surface area contributed by atoms with Crippen LogP contribution in [-0.4, -0.2) is 53.3 Å². The number of nitrogens with one attached hydrogen (secondary N) is 1. The Hall–Kier alpha value is -3.56. The maximum atomic E-state index is 12.2. The molecule has 1 saturated carbocycles. The normalized spacial score (nSPS) is 18.6. The number of carboxylic acid groups (broad SMARTS) is 1. The van der Waals surface area contributed by atoms with E-state index in [1.807, 2.05) is 10.9 Å². The van der Waals surface area contributed by atoms with Crippen LogP contribution in [0, 0.1) is 11.8 Å². The molecule has 3 aromatic rings. The summed E-state index contributed by atoms with van der Waals surface area (Å²) in [5.41, 5.74) is 1.93. The monoisotopic (exact) mass is 423 g/mol. The molecule has 0 bridgehead atoms. The van der Waals surface area contributed by atoms with Gasteiger partial charge < -0.3 is 10.4 Å². The summed E-state index contributed by atoms with van der Waals surface area (Å²) in [6.07, 6.45) is 10.8. The van der Waals surface area contributed by atoms with Gasteiger partial charge in [0.2, 0.25) is 0 Å². The molecule has 2 atom stereocenters. The Balaban J connectivity index is 1.30. The second-order valence-electron chi connectivity index (χ2n) is 8.07. The van der Waals surface area contributed by atoms with E-state index in [1.165, 1.54) is 12.3 Å². The molecule has 2 N–H and O–H groups in total. The van der Waals surface area contributed by atoms with E-state index in [0.717, 1.165) is 32.2 Å². The standard InChI is InChI=1S/C21H25N7O3/c1-27-12-17(10-24-27)20(29)23-8-14-3-2-4-15(7-14)11-28-13-19(25-26-28)18-6-5-16(9-22-18)21(30)31/h5-6,9-10,12-15H,2-4,7-8,11H2,1H3,(H,23,29)(H,30,31)/t14-,15+/m1/s1. The Labute approximate surface area is 179 Å². The summed E-state index contributed by atoms with van der Waals surface area (Å²) >= 11 is 0. The predicted octanol–water partition coefficient (Wildman–Crippen LogP) is 2.01. The minimum atomic E-state index is -1.01. The van der Waals surface area contributed by atoms with E-state index < -0.39 is 5.97 Å². The highest BCUT2D eigenvalue weighted by molar-refractivity contribution is 5.93. The van der Waals surface area contributed by atoms with Crippen LogP contribution in [0.1, 0.15) is 46.4 Å². The van der Waals surface area contributed by atoms with Gasteiger partial charge in [-0.3, -0.25) is 19.1 Å². The Morgan fingerprint density at radius 1 is 1.13 bits per heavy atom. The third kappa shape index (κ3) is 5.14. The lowest BCUT2D eigenvalue weighted by Gasteiger charge is -2.29. The van der Waals surface area contributed by atoms with Crippen molar-refractivity contribution >= 4 is 11.9 Å². The molecule has 1 amide bonds. The van der Waals surface area contributed by atoms with E-state index in [0.29, 0.717) is 35.3 Å². The molecular formula is C21H25N7O3. The zero-order chi connectivity index (χ0) is 21.8. The van der Waals surface area contributed by atoms with Crippen LogP contribution in [-0.2, 0) is 13.6 Å². The van der Waals surface area contributed by atoms with Gasteiger partial charge in [-0.15, -0.1) is 5.10 Å². The van der Waals surface area contributed by atoms with E-state index in [-0.39, 0.29) is 11.5 Å². The first-order valence-electron chi connectivity index (χ1n) is 10.3. The highest BCUT2D eigenvalue weighted by Gasteiger charge is 2.23. The molecule has 1 aliphatic rings. The summed E-state index contributed by atoms with van der Waals surface area (Å²) in [7, 11) is 1.79. The van der Waals surface area contributed by atoms with Crippen molar-refractivity contribution in [2.24, 2.45) is 18.9 Å². The van der Waals surface area contributed by atoms with Gasteiger partial charge in [0.25, 0.3) is 5.91 Å². The van der Waals surface area contributed by atoms with E-state index in [2.05, 4.69) is 25.7 Å². The van der Waals surface area contributed by atoms with Crippen LogP contribution >= 0.6 is 0 Å². The van der Waals surface area contributed by atoms with Crippen molar-refractivity contribution in [1.82, 2.24) is 35.1 Å². The molecule has 1 fully saturated rings. The molecule has 0 saturated heterocycles. The maximum absolute atomic E-state index is 12.2. The molecular weight excluding hydrogens is 398 g/mol. The summed E-state index contributed by atoms with van der Waals surface area (Å²) in [5, 5.41) is 24.4. The van der Waals surface area contributed by atoms with Crippen molar-refractivity contribution < 1.29 is 14.7 Å². The van der Waals surface area contributed by atoms with Crippen LogP contribution < -0.4 is 5.32 Å². The van der Waals surface area contributed by atoms with E-state index in [9.17, 15) is 9.59 Å². The van der Waals surface area contributed by atoms with Crippen LogP contribution in [0.3, 0.4) is 0 Å². The molecule has 3 aromatic heterocycles. The minimum absolute atomic E-state index is 0.0856. The summed E-state index contributed by atoms with van der Waals surface area (Å²) in [6, 6.07) is 3.15. The number of nitrogens with zero attached hydrogens (tertiary/aromatic N) is 6. The van der Waals surface area contributed by atoms with Crippen LogP contribution in [0.15, 0.2) is 36.9 Å². The molecule has 0 unspecified atom stereocenters. The molecule has 162 valence electrons. The fraction of sp³-hybridized carbons (Fsp3) is 0.429. The number of carbonyl (C=O) groups excluding carboxylic acids is 1. The summed E-state index contributed by atoms with van der Waals surface area (Å²) < 4.78 is 3.44. The van der Waals surface area contributed by atoms with Crippen molar-refractivity contribution in [3.63, 3.8) is 0 Å². The Kier molecular flexibility index (Phi) is 6.06. The number of carbonyl (C=O) groups is 2. The van der Waals surface area contributed by atoms with Gasteiger partial charge in [0.15, 0.2) is 0 Å². The maximum Gasteiger partial charge on any atom is 0.337 e. The summed E-state index contributed by atoms with van der Waals surface area (Å²) in [6.45, 7) is 1.42. The number of hydrogen-bond donors (Lipinski definition) is 2. The van der Waals surface area contributed by atoms with Crippen molar-refractivity contribution in [2.75, 3.05) is 6.54 Å². The lowest BCUT2D eigenvalue weighted by Crippen LogP contribution is -2.32. The van der Waals surface area contributed by atoms with Crippen molar-refractivity contribution in [3.8, 4) is 11.4 Å². The number of rotatable bonds is 7. The molecule has 0 radical (unpaired) electrons. The van der Waals surface area contributed by atoms with Crippen LogP contribution in [0.4, 0.5) is 0 Å². The molecule has 10 heteroatoms. The summed E-state index contributed by atoms with van der Waals surface area (Å²) in [4.78, 5) is 27.4. The first kappa shape index (κ1) is 20.7. The molecule has 3 heterocycles. The third-order valence-electron chi connectivity index (χ3n) is 5.67. The van der Waals surface area contributed by atoms with Crippen molar-refractivity contribution in [1.29, 1.82) is 0 Å². The van der Waals surface area contributed by atoms with Gasteiger partial charge in [-0.2, -0.15) is 5.10 Å². The second-order valence-corrected chi connectivity index (χ2v) is 8.07. The fourth-order valence-electron chi connectivity index (χ4n) is 4.07. The molecule has 0 aliphatic heterocycles. The first-order chi connectivity index (χ1) is 15.0. The van der Waals surface area contributed by atoms with Gasteiger partial charge in [-0.1, -0.05) is 11.6 Å². The average molecular weight is 423 g/mol. The van der Waals surface area contributed by atoms with Crippen LogP contribution in [0.25, 0.3) is 11.4 Å². The Bertz CT molecular complexity index is 1060. The smallest absolute Gasteiger partial charge is 0.337 e. The average Bonchev–Trinajstić information content (AvgIpc) is 3.41. The van der Waals surface area contributed by atoms with Crippen molar-refractivity contribution in [2.45, 2.75) is 32.2 Å². The molecule has 1 aliphatic carbocycles. The quantitative estimate of drug-likeness (QED) is 0.595. The number of hydrogen-bond acceptors (Lipinski definition) is 6. The van der Waals surface area contributed by atoms with Gasteiger partial charge >= 0.3 is 5.97 Å². The Morgan fingerprint density at radius 2 is 1.97 bits per heavy atom. The van der Waals surface area contributed by atoms with Gasteiger partial charge in [-0.25, -0.2) is 4.79 Å². The predicted molar refractivity (Wildman–Crippen MR) is 111 cm³/mol. The third-order valence-corrected chi connectivity index (χ3v) is 5.67. The van der Waals surface area contributed by atoms with E-state index in [1.54, 1.807) is 30.2 Å². The molecule has 31 heavy (non-hydrogen) atoms. The van der Waals surface area contributed by atoms with E-state index in [4.69, 9.17) is 5.11 Å². The largest absolute Gasteiger partial charge is 0.478 e. The SMILES string of the molecule is Cn1cc(C(=O)NC[C@@H]2CCC[C@H](Cn3cc(-c4ccc(C(=O)O)cn4)nn3)C2)cn1. The summed E-state index contributed by atoms with van der Waals surface area (Å²) in [5.74, 6) is -0.192. The number of aromatic carboxylic acids is 1. The Morgan fingerprint density at radius 3 is 2.68 bits per heavy atom. The minimum Gasteiger partial charge on any atom is -0.478 e. The number of amides is 1. The van der Waals surface area contributed by atoms with Gasteiger partial charge in [-0.05, 0) is 43.2 Å². The topological polar surface area (TPSA) is 128 Å². The molecule has 10 nitrogen and oxygen atoms in total. The zero-order valence-electron chi connectivity index (χ0n) is 17.3. The van der Waals surface area contributed by atoms with E-state index >= 15 is 0 Å². The molecule has 0 aromatic carbocycles.